The van der Waals surface area contributed by atoms with Crippen molar-refractivity contribution in [3.63, 3.8) is 0 Å². The third kappa shape index (κ3) is 8.55. The quantitative estimate of drug-likeness (QED) is 0.289. The Labute approximate surface area is 153 Å². The molecule has 4 N–H and O–H groups in total. The Morgan fingerprint density at radius 3 is 1.15 bits per heavy atom. The summed E-state index contributed by atoms with van der Waals surface area (Å²) in [7, 11) is -19.5. The van der Waals surface area contributed by atoms with Crippen LogP contribution in [0.4, 0.5) is 0 Å². The van der Waals surface area contributed by atoms with Gasteiger partial charge in [-0.05, 0) is 32.6 Å². The maximum Gasteiger partial charge on any atom is 0.267 e. The van der Waals surface area contributed by atoms with Crippen LogP contribution in [0.15, 0.2) is 0 Å². The highest BCUT2D eigenvalue weighted by atomic mass is 32.2. The van der Waals surface area contributed by atoms with Gasteiger partial charge in [-0.2, -0.15) is 33.7 Å². The molecule has 0 spiro atoms. The molecule has 0 amide bonds. The Hall–Kier alpha value is -0.360. The summed E-state index contributed by atoms with van der Waals surface area (Å²) in [6.45, 7) is 2.20. The van der Waals surface area contributed by atoms with Crippen LogP contribution in [-0.2, 0) is 40.5 Å². The fourth-order valence-electron chi connectivity index (χ4n) is 2.26. The molecule has 0 aliphatic rings. The minimum Gasteiger partial charge on any atom is -0.285 e. The lowest BCUT2D eigenvalue weighted by molar-refractivity contribution is 0.419. The van der Waals surface area contributed by atoms with Crippen LogP contribution < -0.4 is 0 Å². The highest BCUT2D eigenvalue weighted by Gasteiger charge is 2.38. The molecule has 0 aromatic heterocycles. The zero-order valence-corrected chi connectivity index (χ0v) is 17.1. The second-order valence-corrected chi connectivity index (χ2v) is 12.8. The van der Waals surface area contributed by atoms with Crippen molar-refractivity contribution in [2.45, 2.75) is 60.5 Å². The Balaban J connectivity index is 5.82. The van der Waals surface area contributed by atoms with Gasteiger partial charge in [0.2, 0.25) is 0 Å². The highest BCUT2D eigenvalue weighted by Crippen LogP contribution is 2.25. The molecule has 0 radical (unpaired) electrons. The van der Waals surface area contributed by atoms with Crippen molar-refractivity contribution in [3.8, 4) is 0 Å². The molecule has 0 aromatic rings. The molecule has 0 aromatic carbocycles. The molecule has 0 rings (SSSR count). The minimum absolute atomic E-state index is 0.261. The van der Waals surface area contributed by atoms with Gasteiger partial charge in [-0.3, -0.25) is 18.2 Å². The van der Waals surface area contributed by atoms with Crippen molar-refractivity contribution in [3.05, 3.63) is 0 Å². The highest BCUT2D eigenvalue weighted by molar-refractivity contribution is 7.88. The molecule has 0 heterocycles. The van der Waals surface area contributed by atoms with Gasteiger partial charge >= 0.3 is 0 Å². The van der Waals surface area contributed by atoms with Gasteiger partial charge in [-0.15, -0.1) is 0 Å². The van der Waals surface area contributed by atoms with Crippen molar-refractivity contribution in [2.75, 3.05) is 0 Å². The van der Waals surface area contributed by atoms with E-state index in [1.54, 1.807) is 0 Å². The first-order valence-electron chi connectivity index (χ1n) is 7.15. The monoisotopic (exact) mass is 462 g/mol. The molecular weight excluding hydrogens is 440 g/mol. The fourth-order valence-corrected chi connectivity index (χ4v) is 5.95. The lowest BCUT2D eigenvalue weighted by Crippen LogP contribution is -2.37. The SMILES string of the molecule is CCC(CC(CC(CC(C)S(=O)(=O)O)S(=O)(=O)O)S(=O)(=O)O)S(=O)(=O)O. The molecule has 4 unspecified atom stereocenters. The van der Waals surface area contributed by atoms with E-state index in [9.17, 15) is 42.8 Å². The largest absolute Gasteiger partial charge is 0.285 e. The summed E-state index contributed by atoms with van der Waals surface area (Å²) >= 11 is 0. The molecule has 0 saturated carbocycles. The fraction of sp³-hybridized carbons (Fsp3) is 1.00. The average Bonchev–Trinajstić information content (AvgIpc) is 2.36. The lowest BCUT2D eigenvalue weighted by Gasteiger charge is -2.23. The van der Waals surface area contributed by atoms with Crippen LogP contribution in [0, 0.1) is 0 Å². The van der Waals surface area contributed by atoms with Crippen LogP contribution in [0.1, 0.15) is 39.5 Å². The van der Waals surface area contributed by atoms with Crippen LogP contribution in [0.25, 0.3) is 0 Å². The van der Waals surface area contributed by atoms with E-state index >= 15 is 0 Å². The van der Waals surface area contributed by atoms with Crippen LogP contribution in [0.2, 0.25) is 0 Å². The standard InChI is InChI=1S/C10H22O12S4/c1-3-8(24(14,15)16)5-10(26(20,21)22)6-9(25(17,18)19)4-7(2)23(11,12)13/h7-10H,3-6H2,1-2H3,(H,11,12,13)(H,14,15,16)(H,17,18,19)(H,20,21,22). The smallest absolute Gasteiger partial charge is 0.267 e. The molecule has 0 bridgehead atoms. The molecule has 0 aliphatic carbocycles. The third-order valence-corrected chi connectivity index (χ3v) is 8.91. The van der Waals surface area contributed by atoms with Gasteiger partial charge in [0.15, 0.2) is 0 Å². The van der Waals surface area contributed by atoms with Gasteiger partial charge in [-0.25, -0.2) is 0 Å². The van der Waals surface area contributed by atoms with Gasteiger partial charge < -0.3 is 0 Å². The summed E-state index contributed by atoms with van der Waals surface area (Å²) < 4.78 is 127. The maximum absolute atomic E-state index is 11.5. The van der Waals surface area contributed by atoms with Crippen LogP contribution >= 0.6 is 0 Å². The molecule has 0 fully saturated rings. The summed E-state index contributed by atoms with van der Waals surface area (Å²) in [5, 5.41) is -7.41. The van der Waals surface area contributed by atoms with Gasteiger partial charge in [0.05, 0.1) is 21.0 Å². The zero-order valence-electron chi connectivity index (χ0n) is 13.8. The summed E-state index contributed by atoms with van der Waals surface area (Å²) in [4.78, 5) is 0. The van der Waals surface area contributed by atoms with Gasteiger partial charge in [0.1, 0.15) is 0 Å². The van der Waals surface area contributed by atoms with Crippen molar-refractivity contribution >= 4 is 40.5 Å². The molecule has 0 saturated heterocycles. The van der Waals surface area contributed by atoms with Crippen molar-refractivity contribution in [2.24, 2.45) is 0 Å². The van der Waals surface area contributed by atoms with Gasteiger partial charge in [0.25, 0.3) is 40.5 Å². The third-order valence-electron chi connectivity index (χ3n) is 3.87. The van der Waals surface area contributed by atoms with E-state index in [4.69, 9.17) is 9.11 Å². The second kappa shape index (κ2) is 8.76. The van der Waals surface area contributed by atoms with E-state index < -0.39 is 80.7 Å². The molecule has 4 atom stereocenters. The van der Waals surface area contributed by atoms with E-state index in [1.165, 1.54) is 6.92 Å². The first kappa shape index (κ1) is 25.6. The van der Waals surface area contributed by atoms with E-state index in [1.807, 2.05) is 0 Å². The predicted octanol–water partition coefficient (Wildman–Crippen LogP) is -0.388. The van der Waals surface area contributed by atoms with Crippen LogP contribution in [-0.4, -0.2) is 72.9 Å². The summed E-state index contributed by atoms with van der Waals surface area (Å²) in [6, 6.07) is 0. The molecule has 0 aliphatic heterocycles. The van der Waals surface area contributed by atoms with Crippen molar-refractivity contribution in [1.29, 1.82) is 0 Å². The Morgan fingerprint density at radius 1 is 0.577 bits per heavy atom. The Morgan fingerprint density at radius 2 is 0.885 bits per heavy atom. The zero-order chi connectivity index (χ0) is 21.1. The van der Waals surface area contributed by atoms with Gasteiger partial charge in [0, 0.05) is 0 Å². The van der Waals surface area contributed by atoms with E-state index in [2.05, 4.69) is 0 Å². The number of hydrogen-bond acceptors (Lipinski definition) is 8. The molecule has 16 heteroatoms. The Bertz CT molecular complexity index is 884. The van der Waals surface area contributed by atoms with Crippen LogP contribution in [0.5, 0.6) is 0 Å². The molecule has 158 valence electrons. The van der Waals surface area contributed by atoms with E-state index in [0.29, 0.717) is 0 Å². The Kier molecular flexibility index (Phi) is 8.64. The summed E-state index contributed by atoms with van der Waals surface area (Å²) in [6.07, 6.45) is -3.11. The number of rotatable bonds is 11. The average molecular weight is 463 g/mol. The molecule has 26 heavy (non-hydrogen) atoms. The first-order valence-corrected chi connectivity index (χ1v) is 13.2. The van der Waals surface area contributed by atoms with Crippen molar-refractivity contribution in [1.82, 2.24) is 0 Å². The topological polar surface area (TPSA) is 217 Å². The summed E-state index contributed by atoms with van der Waals surface area (Å²) in [5.74, 6) is 0. The van der Waals surface area contributed by atoms with E-state index in [-0.39, 0.29) is 6.42 Å². The first-order chi connectivity index (χ1) is 11.3. The predicted molar refractivity (Wildman–Crippen MR) is 91.2 cm³/mol. The second-order valence-electron chi connectivity index (χ2n) is 5.85. The number of hydrogen-bond donors (Lipinski definition) is 4. The van der Waals surface area contributed by atoms with E-state index in [0.717, 1.165) is 6.92 Å². The molecular formula is C10H22O12S4. The van der Waals surface area contributed by atoms with Crippen LogP contribution in [0.3, 0.4) is 0 Å². The normalized spacial score (nSPS) is 18.8. The van der Waals surface area contributed by atoms with Crippen molar-refractivity contribution < 1.29 is 51.9 Å². The maximum atomic E-state index is 11.5. The minimum atomic E-state index is -5.02. The lowest BCUT2D eigenvalue weighted by atomic mass is 10.1. The van der Waals surface area contributed by atoms with Gasteiger partial charge in [-0.1, -0.05) is 6.92 Å². The molecule has 12 nitrogen and oxygen atoms in total. The summed E-state index contributed by atoms with van der Waals surface area (Å²) in [5.41, 5.74) is 0.